The van der Waals surface area contributed by atoms with E-state index in [4.69, 9.17) is 4.74 Å². The average Bonchev–Trinajstić information content (AvgIpc) is 2.51. The lowest BCUT2D eigenvalue weighted by Crippen LogP contribution is -2.02. The van der Waals surface area contributed by atoms with E-state index in [9.17, 15) is 14.9 Å². The van der Waals surface area contributed by atoms with Crippen molar-refractivity contribution in [1.82, 2.24) is 0 Å². The lowest BCUT2D eigenvalue weighted by atomic mass is 10.1. The highest BCUT2D eigenvalue weighted by Crippen LogP contribution is 2.26. The van der Waals surface area contributed by atoms with Gasteiger partial charge in [-0.2, -0.15) is 10.2 Å². The summed E-state index contributed by atoms with van der Waals surface area (Å²) in [5, 5.41) is 19.0. The van der Waals surface area contributed by atoms with E-state index >= 15 is 0 Å². The van der Waals surface area contributed by atoms with Crippen LogP contribution < -0.4 is 0 Å². The van der Waals surface area contributed by atoms with Crippen LogP contribution in [0.15, 0.2) is 58.8 Å². The first kappa shape index (κ1) is 15.3. The number of nitro benzene ring substituents is 1. The van der Waals surface area contributed by atoms with Gasteiger partial charge in [-0.3, -0.25) is 14.9 Å². The maximum atomic E-state index is 11.0. The fourth-order valence-electron chi connectivity index (χ4n) is 1.72. The first-order valence-electron chi connectivity index (χ1n) is 6.44. The van der Waals surface area contributed by atoms with Crippen molar-refractivity contribution in [2.45, 2.75) is 13.5 Å². The van der Waals surface area contributed by atoms with E-state index in [2.05, 4.69) is 10.2 Å². The molecule has 7 heteroatoms. The van der Waals surface area contributed by atoms with Gasteiger partial charge in [0.1, 0.15) is 6.61 Å². The maximum Gasteiger partial charge on any atom is 0.302 e. The Hall–Kier alpha value is -3.09. The Morgan fingerprint density at radius 1 is 1.14 bits per heavy atom. The number of benzene rings is 2. The molecule has 0 bridgehead atoms. The Kier molecular flexibility index (Phi) is 4.92. The van der Waals surface area contributed by atoms with E-state index in [1.165, 1.54) is 25.1 Å². The fraction of sp³-hybridized carbons (Fsp3) is 0.133. The quantitative estimate of drug-likeness (QED) is 0.360. The van der Waals surface area contributed by atoms with E-state index in [0.717, 1.165) is 0 Å². The maximum absolute atomic E-state index is 11.0. The molecular weight excluding hydrogens is 286 g/mol. The number of hydrogen-bond acceptors (Lipinski definition) is 6. The third-order valence-electron chi connectivity index (χ3n) is 2.73. The molecule has 112 valence electrons. The first-order valence-corrected chi connectivity index (χ1v) is 6.44. The van der Waals surface area contributed by atoms with Gasteiger partial charge < -0.3 is 4.74 Å². The Morgan fingerprint density at radius 2 is 1.82 bits per heavy atom. The summed E-state index contributed by atoms with van der Waals surface area (Å²) in [7, 11) is 0. The monoisotopic (exact) mass is 299 g/mol. The van der Waals surface area contributed by atoms with Crippen LogP contribution in [-0.2, 0) is 16.1 Å². The summed E-state index contributed by atoms with van der Waals surface area (Å²) in [4.78, 5) is 21.3. The van der Waals surface area contributed by atoms with Gasteiger partial charge in [0, 0.05) is 13.0 Å². The zero-order valence-electron chi connectivity index (χ0n) is 11.8. The molecule has 0 fully saturated rings. The van der Waals surface area contributed by atoms with E-state index in [1.54, 1.807) is 12.1 Å². The molecule has 0 saturated heterocycles. The van der Waals surface area contributed by atoms with Gasteiger partial charge in [0.2, 0.25) is 0 Å². The molecule has 0 N–H and O–H groups in total. The highest BCUT2D eigenvalue weighted by Gasteiger charge is 2.15. The lowest BCUT2D eigenvalue weighted by Gasteiger charge is -2.04. The summed E-state index contributed by atoms with van der Waals surface area (Å²) in [5.41, 5.74) is 1.25. The predicted octanol–water partition coefficient (Wildman–Crippen LogP) is 4.07. The van der Waals surface area contributed by atoms with Gasteiger partial charge in [0.05, 0.1) is 21.9 Å². The minimum Gasteiger partial charge on any atom is -0.461 e. The van der Waals surface area contributed by atoms with Gasteiger partial charge in [-0.25, -0.2) is 0 Å². The molecule has 0 unspecified atom stereocenters. The molecule has 0 aliphatic carbocycles. The van der Waals surface area contributed by atoms with Gasteiger partial charge in [0.15, 0.2) is 0 Å². The molecule has 0 radical (unpaired) electrons. The third-order valence-corrected chi connectivity index (χ3v) is 2.73. The van der Waals surface area contributed by atoms with Crippen LogP contribution in [-0.4, -0.2) is 10.9 Å². The second-order valence-corrected chi connectivity index (χ2v) is 4.39. The Balaban J connectivity index is 2.25. The van der Waals surface area contributed by atoms with Crippen molar-refractivity contribution in [3.63, 3.8) is 0 Å². The molecule has 0 amide bonds. The second kappa shape index (κ2) is 7.07. The van der Waals surface area contributed by atoms with Gasteiger partial charge in [-0.1, -0.05) is 18.2 Å². The summed E-state index contributed by atoms with van der Waals surface area (Å²) < 4.78 is 4.82. The van der Waals surface area contributed by atoms with Crippen LogP contribution in [0.1, 0.15) is 12.5 Å². The van der Waals surface area contributed by atoms with Crippen molar-refractivity contribution >= 4 is 23.0 Å². The highest BCUT2D eigenvalue weighted by molar-refractivity contribution is 5.66. The summed E-state index contributed by atoms with van der Waals surface area (Å²) in [6, 6.07) is 13.4. The number of hydrogen-bond donors (Lipinski definition) is 0. The van der Waals surface area contributed by atoms with Crippen LogP contribution in [0.25, 0.3) is 0 Å². The molecule has 0 aromatic heterocycles. The zero-order valence-corrected chi connectivity index (χ0v) is 11.8. The SMILES string of the molecule is CC(=O)OCc1cc(N=Nc2ccccc2)ccc1[N+](=O)[O-]. The summed E-state index contributed by atoms with van der Waals surface area (Å²) in [5.74, 6) is -0.509. The standard InChI is InChI=1S/C15H13N3O4/c1-11(19)22-10-12-9-14(7-8-15(12)18(20)21)17-16-13-5-3-2-4-6-13/h2-9H,10H2,1H3. The predicted molar refractivity (Wildman–Crippen MR) is 79.2 cm³/mol. The molecule has 2 aromatic carbocycles. The normalized spacial score (nSPS) is 10.6. The topological polar surface area (TPSA) is 94.2 Å². The summed E-state index contributed by atoms with van der Waals surface area (Å²) >= 11 is 0. The molecule has 0 atom stereocenters. The number of carbonyl (C=O) groups is 1. The van der Waals surface area contributed by atoms with E-state index < -0.39 is 10.9 Å². The molecule has 0 aliphatic heterocycles. The van der Waals surface area contributed by atoms with Crippen LogP contribution in [0.5, 0.6) is 0 Å². The minimum atomic E-state index is -0.531. The second-order valence-electron chi connectivity index (χ2n) is 4.39. The number of rotatable bonds is 5. The van der Waals surface area contributed by atoms with Crippen molar-refractivity contribution < 1.29 is 14.5 Å². The number of nitrogens with zero attached hydrogens (tertiary/aromatic N) is 3. The van der Waals surface area contributed by atoms with E-state index in [1.807, 2.05) is 18.2 Å². The number of azo groups is 1. The van der Waals surface area contributed by atoms with Gasteiger partial charge >= 0.3 is 5.97 Å². The van der Waals surface area contributed by atoms with Crippen molar-refractivity contribution in [3.05, 3.63) is 64.2 Å². The largest absolute Gasteiger partial charge is 0.461 e. The summed E-state index contributed by atoms with van der Waals surface area (Å²) in [6.45, 7) is 1.06. The average molecular weight is 299 g/mol. The van der Waals surface area contributed by atoms with Crippen LogP contribution >= 0.6 is 0 Å². The first-order chi connectivity index (χ1) is 10.6. The molecule has 0 heterocycles. The number of carbonyl (C=O) groups excluding carboxylic acids is 1. The van der Waals surface area contributed by atoms with Crippen LogP contribution in [0.2, 0.25) is 0 Å². The minimum absolute atomic E-state index is 0.125. The third kappa shape index (κ3) is 4.20. The van der Waals surface area contributed by atoms with Crippen molar-refractivity contribution in [2.24, 2.45) is 10.2 Å². The Labute approximate surface area is 126 Å². The molecule has 0 spiro atoms. The molecule has 0 aliphatic rings. The summed E-state index contributed by atoms with van der Waals surface area (Å²) in [6.07, 6.45) is 0. The molecule has 22 heavy (non-hydrogen) atoms. The number of esters is 1. The van der Waals surface area contributed by atoms with E-state index in [0.29, 0.717) is 11.4 Å². The molecule has 2 aromatic rings. The molecular formula is C15H13N3O4. The smallest absolute Gasteiger partial charge is 0.302 e. The number of nitro groups is 1. The van der Waals surface area contributed by atoms with Crippen LogP contribution in [0.3, 0.4) is 0 Å². The van der Waals surface area contributed by atoms with Gasteiger partial charge in [0.25, 0.3) is 5.69 Å². The Bertz CT molecular complexity index is 714. The molecule has 2 rings (SSSR count). The molecule has 7 nitrogen and oxygen atoms in total. The van der Waals surface area contributed by atoms with E-state index in [-0.39, 0.29) is 17.9 Å². The van der Waals surface area contributed by atoms with Crippen LogP contribution in [0.4, 0.5) is 17.1 Å². The van der Waals surface area contributed by atoms with Crippen molar-refractivity contribution in [3.8, 4) is 0 Å². The van der Waals surface area contributed by atoms with Crippen LogP contribution in [0, 0.1) is 10.1 Å². The number of ether oxygens (including phenoxy) is 1. The highest BCUT2D eigenvalue weighted by atomic mass is 16.6. The van der Waals surface area contributed by atoms with Gasteiger partial charge in [-0.05, 0) is 24.3 Å². The van der Waals surface area contributed by atoms with Gasteiger partial charge in [-0.15, -0.1) is 0 Å². The van der Waals surface area contributed by atoms with Crippen molar-refractivity contribution in [2.75, 3.05) is 0 Å². The Morgan fingerprint density at radius 3 is 2.45 bits per heavy atom. The zero-order chi connectivity index (χ0) is 15.9. The fourth-order valence-corrected chi connectivity index (χ4v) is 1.72. The van der Waals surface area contributed by atoms with Crippen molar-refractivity contribution in [1.29, 1.82) is 0 Å². The lowest BCUT2D eigenvalue weighted by molar-refractivity contribution is -0.385. The molecule has 0 saturated carbocycles.